The molecular weight excluding hydrogens is 338 g/mol. The molecule has 2 aromatic carbocycles. The van der Waals surface area contributed by atoms with E-state index in [9.17, 15) is 13.2 Å². The Labute approximate surface area is 148 Å². The number of nitrogens with one attached hydrogen (secondary N) is 2. The van der Waals surface area contributed by atoms with Gasteiger partial charge in [0.15, 0.2) is 0 Å². The Hall–Kier alpha value is -2.22. The fourth-order valence-corrected chi connectivity index (χ4v) is 3.59. The molecule has 0 fully saturated rings. The summed E-state index contributed by atoms with van der Waals surface area (Å²) in [6, 6.07) is 16.1. The first-order valence-electron chi connectivity index (χ1n) is 8.16. The third-order valence-electron chi connectivity index (χ3n) is 3.66. The highest BCUT2D eigenvalue weighted by molar-refractivity contribution is 7.89. The molecule has 2 rings (SSSR count). The first kappa shape index (κ1) is 19.1. The number of benzene rings is 2. The van der Waals surface area contributed by atoms with Crippen LogP contribution in [-0.4, -0.2) is 26.9 Å². The van der Waals surface area contributed by atoms with Crippen molar-refractivity contribution in [1.82, 2.24) is 4.72 Å². The van der Waals surface area contributed by atoms with Crippen molar-refractivity contribution in [3.05, 3.63) is 60.7 Å². The molecule has 0 bridgehead atoms. The highest BCUT2D eigenvalue weighted by atomic mass is 32.2. The molecule has 1 atom stereocenters. The molecule has 1 amide bonds. The average molecular weight is 361 g/mol. The minimum Gasteiger partial charge on any atom is -0.330 e. The summed E-state index contributed by atoms with van der Waals surface area (Å²) in [6.07, 6.45) is 1.75. The van der Waals surface area contributed by atoms with Gasteiger partial charge < -0.3 is 11.1 Å². The maximum Gasteiger partial charge on any atom is 0.242 e. The molecule has 0 aromatic heterocycles. The minimum absolute atomic E-state index is 0.131. The summed E-state index contributed by atoms with van der Waals surface area (Å²) in [5.74, 6) is -0.386. The van der Waals surface area contributed by atoms with E-state index in [0.717, 1.165) is 6.42 Å². The predicted molar refractivity (Wildman–Crippen MR) is 98.5 cm³/mol. The van der Waals surface area contributed by atoms with Crippen LogP contribution in [0.2, 0.25) is 0 Å². The number of carbonyl (C=O) groups is 1. The van der Waals surface area contributed by atoms with Crippen molar-refractivity contribution >= 4 is 21.6 Å². The van der Waals surface area contributed by atoms with Crippen LogP contribution in [0.15, 0.2) is 65.6 Å². The van der Waals surface area contributed by atoms with Gasteiger partial charge in [0.05, 0.1) is 4.90 Å². The molecule has 7 heteroatoms. The summed E-state index contributed by atoms with van der Waals surface area (Å²) in [5.41, 5.74) is 6.11. The van der Waals surface area contributed by atoms with Crippen molar-refractivity contribution in [3.63, 3.8) is 0 Å². The molecule has 25 heavy (non-hydrogen) atoms. The SMILES string of the molecule is NCCCC[C@@H](NS(=O)(=O)c1ccccc1)C(=O)Nc1ccccc1. The van der Waals surface area contributed by atoms with E-state index < -0.39 is 16.1 Å². The molecule has 134 valence electrons. The molecule has 0 heterocycles. The van der Waals surface area contributed by atoms with Crippen LogP contribution in [0.1, 0.15) is 19.3 Å². The zero-order chi connectivity index (χ0) is 18.1. The van der Waals surface area contributed by atoms with Gasteiger partial charge in [-0.1, -0.05) is 42.8 Å². The summed E-state index contributed by atoms with van der Waals surface area (Å²) in [5, 5.41) is 2.75. The number of para-hydroxylation sites is 1. The van der Waals surface area contributed by atoms with E-state index in [1.54, 1.807) is 42.5 Å². The van der Waals surface area contributed by atoms with Crippen molar-refractivity contribution in [1.29, 1.82) is 0 Å². The fraction of sp³-hybridized carbons (Fsp3) is 0.278. The number of anilines is 1. The first-order chi connectivity index (χ1) is 12.0. The van der Waals surface area contributed by atoms with Crippen LogP contribution in [0.25, 0.3) is 0 Å². The number of hydrogen-bond donors (Lipinski definition) is 3. The van der Waals surface area contributed by atoms with Gasteiger partial charge in [-0.25, -0.2) is 8.42 Å². The maximum atomic E-state index is 12.5. The van der Waals surface area contributed by atoms with Gasteiger partial charge in [0.2, 0.25) is 15.9 Å². The molecule has 0 aliphatic heterocycles. The molecular formula is C18H23N3O3S. The Morgan fingerprint density at radius 1 is 0.960 bits per heavy atom. The fourth-order valence-electron chi connectivity index (χ4n) is 2.34. The smallest absolute Gasteiger partial charge is 0.242 e. The monoisotopic (exact) mass is 361 g/mol. The van der Waals surface area contributed by atoms with Gasteiger partial charge in [0.1, 0.15) is 6.04 Å². The summed E-state index contributed by atoms with van der Waals surface area (Å²) in [7, 11) is -3.78. The van der Waals surface area contributed by atoms with Gasteiger partial charge in [0, 0.05) is 5.69 Å². The number of hydrogen-bond acceptors (Lipinski definition) is 4. The van der Waals surface area contributed by atoms with Gasteiger partial charge in [0.25, 0.3) is 0 Å². The lowest BCUT2D eigenvalue weighted by Gasteiger charge is -2.18. The second kappa shape index (κ2) is 9.31. The standard InChI is InChI=1S/C18H23N3O3S/c19-14-8-7-13-17(18(22)20-15-9-3-1-4-10-15)21-25(23,24)16-11-5-2-6-12-16/h1-6,9-12,17,21H,7-8,13-14,19H2,(H,20,22)/t17-/m1/s1. The van der Waals surface area contributed by atoms with E-state index >= 15 is 0 Å². The molecule has 2 aromatic rings. The van der Waals surface area contributed by atoms with Crippen LogP contribution in [0, 0.1) is 0 Å². The summed E-state index contributed by atoms with van der Waals surface area (Å²) >= 11 is 0. The third kappa shape index (κ3) is 5.97. The second-order valence-corrected chi connectivity index (χ2v) is 7.34. The third-order valence-corrected chi connectivity index (χ3v) is 5.14. The lowest BCUT2D eigenvalue weighted by molar-refractivity contribution is -0.117. The summed E-state index contributed by atoms with van der Waals surface area (Å²) in [6.45, 7) is 0.498. The van der Waals surface area contributed by atoms with E-state index in [4.69, 9.17) is 5.73 Å². The molecule has 0 aliphatic rings. The number of unbranched alkanes of at least 4 members (excludes halogenated alkanes) is 1. The van der Waals surface area contributed by atoms with E-state index in [2.05, 4.69) is 10.0 Å². The summed E-state index contributed by atoms with van der Waals surface area (Å²) in [4.78, 5) is 12.7. The van der Waals surface area contributed by atoms with Crippen molar-refractivity contribution in [3.8, 4) is 0 Å². The highest BCUT2D eigenvalue weighted by Crippen LogP contribution is 2.13. The number of nitrogens with two attached hydrogens (primary N) is 1. The van der Waals surface area contributed by atoms with Crippen molar-refractivity contribution in [2.24, 2.45) is 5.73 Å². The number of rotatable bonds is 9. The van der Waals surface area contributed by atoms with Gasteiger partial charge in [-0.15, -0.1) is 0 Å². The molecule has 0 spiro atoms. The van der Waals surface area contributed by atoms with Crippen molar-refractivity contribution in [2.75, 3.05) is 11.9 Å². The number of sulfonamides is 1. The zero-order valence-electron chi connectivity index (χ0n) is 13.9. The van der Waals surface area contributed by atoms with Crippen LogP contribution in [0.3, 0.4) is 0 Å². The minimum atomic E-state index is -3.78. The highest BCUT2D eigenvalue weighted by Gasteiger charge is 2.25. The maximum absolute atomic E-state index is 12.5. The number of amides is 1. The van der Waals surface area contributed by atoms with Crippen molar-refractivity contribution in [2.45, 2.75) is 30.2 Å². The molecule has 6 nitrogen and oxygen atoms in total. The molecule has 0 unspecified atom stereocenters. The Kier molecular flexibility index (Phi) is 7.12. The van der Waals surface area contributed by atoms with Crippen LogP contribution in [0.5, 0.6) is 0 Å². The van der Waals surface area contributed by atoms with E-state index in [-0.39, 0.29) is 10.8 Å². The predicted octanol–water partition coefficient (Wildman–Crippen LogP) is 2.10. The molecule has 0 radical (unpaired) electrons. The van der Waals surface area contributed by atoms with E-state index in [1.807, 2.05) is 6.07 Å². The second-order valence-electron chi connectivity index (χ2n) is 5.63. The quantitative estimate of drug-likeness (QED) is 0.595. The van der Waals surface area contributed by atoms with Crippen LogP contribution in [-0.2, 0) is 14.8 Å². The van der Waals surface area contributed by atoms with Gasteiger partial charge in [-0.3, -0.25) is 4.79 Å². The molecule has 0 saturated carbocycles. The summed E-state index contributed by atoms with van der Waals surface area (Å²) < 4.78 is 27.5. The Bertz CT molecular complexity index is 765. The molecule has 0 aliphatic carbocycles. The van der Waals surface area contributed by atoms with Gasteiger partial charge >= 0.3 is 0 Å². The Morgan fingerprint density at radius 2 is 1.56 bits per heavy atom. The number of carbonyl (C=O) groups excluding carboxylic acids is 1. The lowest BCUT2D eigenvalue weighted by Crippen LogP contribution is -2.43. The van der Waals surface area contributed by atoms with Crippen LogP contribution >= 0.6 is 0 Å². The van der Waals surface area contributed by atoms with Crippen LogP contribution in [0.4, 0.5) is 5.69 Å². The van der Waals surface area contributed by atoms with Crippen molar-refractivity contribution < 1.29 is 13.2 Å². The van der Waals surface area contributed by atoms with E-state index in [0.29, 0.717) is 25.1 Å². The first-order valence-corrected chi connectivity index (χ1v) is 9.64. The molecule has 4 N–H and O–H groups in total. The lowest BCUT2D eigenvalue weighted by atomic mass is 10.1. The van der Waals surface area contributed by atoms with Gasteiger partial charge in [-0.2, -0.15) is 4.72 Å². The molecule has 0 saturated heterocycles. The Morgan fingerprint density at radius 3 is 2.16 bits per heavy atom. The normalized spacial score (nSPS) is 12.5. The largest absolute Gasteiger partial charge is 0.330 e. The van der Waals surface area contributed by atoms with E-state index in [1.165, 1.54) is 12.1 Å². The topological polar surface area (TPSA) is 101 Å². The average Bonchev–Trinajstić information content (AvgIpc) is 2.62. The zero-order valence-corrected chi connectivity index (χ0v) is 14.7. The van der Waals surface area contributed by atoms with Gasteiger partial charge in [-0.05, 0) is 43.7 Å². The Balaban J connectivity index is 2.13. The van der Waals surface area contributed by atoms with Crippen LogP contribution < -0.4 is 15.8 Å².